The van der Waals surface area contributed by atoms with Crippen LogP contribution in [0.1, 0.15) is 38.2 Å². The topological polar surface area (TPSA) is 105 Å². The highest BCUT2D eigenvalue weighted by molar-refractivity contribution is 9.10. The smallest absolute Gasteiger partial charge is 0.225 e. The first-order valence-electron chi connectivity index (χ1n) is 10.5. The predicted molar refractivity (Wildman–Crippen MR) is 123 cm³/mol. The highest BCUT2D eigenvalue weighted by atomic mass is 79.9. The number of hydrogen-bond donors (Lipinski definition) is 3. The summed E-state index contributed by atoms with van der Waals surface area (Å²) in [7, 11) is 1.68. The average molecular weight is 487 g/mol. The van der Waals surface area contributed by atoms with Crippen LogP contribution in [0.4, 0.5) is 5.95 Å². The number of halogens is 1. The summed E-state index contributed by atoms with van der Waals surface area (Å²) < 4.78 is 2.49. The lowest BCUT2D eigenvalue weighted by atomic mass is 9.87. The molecule has 0 spiro atoms. The summed E-state index contributed by atoms with van der Waals surface area (Å²) in [5, 5.41) is 20.7. The predicted octanol–water partition coefficient (Wildman–Crippen LogP) is 3.22. The number of aliphatic hydroxyl groups is 1. The van der Waals surface area contributed by atoms with Crippen LogP contribution in [0.15, 0.2) is 35.1 Å². The van der Waals surface area contributed by atoms with Gasteiger partial charge < -0.3 is 15.7 Å². The Balaban J connectivity index is 1.60. The lowest BCUT2D eigenvalue weighted by Crippen LogP contribution is -2.35. The van der Waals surface area contributed by atoms with Gasteiger partial charge in [0.1, 0.15) is 4.60 Å². The van der Waals surface area contributed by atoms with Crippen molar-refractivity contribution in [2.24, 2.45) is 5.41 Å². The van der Waals surface area contributed by atoms with Crippen LogP contribution in [-0.4, -0.2) is 50.5 Å². The normalized spacial score (nSPS) is 20.8. The van der Waals surface area contributed by atoms with E-state index >= 15 is 0 Å². The van der Waals surface area contributed by atoms with Gasteiger partial charge in [-0.05, 0) is 65.7 Å². The fourth-order valence-corrected chi connectivity index (χ4v) is 4.74. The second-order valence-corrected chi connectivity index (χ2v) is 9.11. The van der Waals surface area contributed by atoms with E-state index in [1.807, 2.05) is 25.1 Å². The second-order valence-electron chi connectivity index (χ2n) is 8.35. The number of aromatic nitrogens is 4. The molecule has 1 saturated carbocycles. The van der Waals surface area contributed by atoms with Crippen molar-refractivity contribution < 1.29 is 9.90 Å². The molecular formula is C22H27BrN6O2. The number of aliphatic hydroxyl groups excluding tert-OH is 1. The summed E-state index contributed by atoms with van der Waals surface area (Å²) >= 11 is 3.52. The Hall–Kier alpha value is -2.52. The van der Waals surface area contributed by atoms with Crippen molar-refractivity contribution in [3.63, 3.8) is 0 Å². The van der Waals surface area contributed by atoms with Crippen molar-refractivity contribution in [1.82, 2.24) is 25.1 Å². The fourth-order valence-electron chi connectivity index (χ4n) is 4.30. The first-order valence-corrected chi connectivity index (χ1v) is 11.3. The Morgan fingerprint density at radius 1 is 1.42 bits per heavy atom. The minimum absolute atomic E-state index is 0.0799. The average Bonchev–Trinajstić information content (AvgIpc) is 3.32. The third kappa shape index (κ3) is 4.43. The molecule has 1 unspecified atom stereocenters. The van der Waals surface area contributed by atoms with Gasteiger partial charge >= 0.3 is 0 Å². The van der Waals surface area contributed by atoms with Crippen molar-refractivity contribution in [2.45, 2.75) is 45.1 Å². The monoisotopic (exact) mass is 486 g/mol. The standard InChI is InChI=1S/C22H27BrN6O2/c1-22(20(31)24-2)9-8-15(12-22)26-21-25-13-17-18(23)28-29(19(17)27-21)16-7-3-5-14(11-16)6-4-10-30/h3,5,7,11,13,15,30H,4,6,8-10,12H2,1-2H3,(H,24,31)(H,25,26,27)/t15-,22?/m1/s1. The zero-order valence-corrected chi connectivity index (χ0v) is 19.3. The molecule has 2 atom stereocenters. The van der Waals surface area contributed by atoms with Crippen molar-refractivity contribution in [1.29, 1.82) is 0 Å². The van der Waals surface area contributed by atoms with E-state index in [1.54, 1.807) is 17.9 Å². The minimum Gasteiger partial charge on any atom is -0.396 e. The Morgan fingerprint density at radius 3 is 3.03 bits per heavy atom. The molecule has 0 saturated heterocycles. The summed E-state index contributed by atoms with van der Waals surface area (Å²) in [5.74, 6) is 0.611. The summed E-state index contributed by atoms with van der Waals surface area (Å²) in [6.07, 6.45) is 5.75. The molecule has 1 fully saturated rings. The molecule has 1 aliphatic rings. The molecule has 8 nitrogen and oxygen atoms in total. The number of carbonyl (C=O) groups excluding carboxylic acids is 1. The molecule has 3 N–H and O–H groups in total. The molecule has 164 valence electrons. The van der Waals surface area contributed by atoms with Gasteiger partial charge in [-0.1, -0.05) is 19.1 Å². The fraction of sp³-hybridized carbons (Fsp3) is 0.455. The van der Waals surface area contributed by atoms with Gasteiger partial charge in [-0.15, -0.1) is 0 Å². The third-order valence-corrected chi connectivity index (χ3v) is 6.59. The Kier molecular flexibility index (Phi) is 6.24. The van der Waals surface area contributed by atoms with Crippen LogP contribution in [0.5, 0.6) is 0 Å². The molecule has 0 aliphatic heterocycles. The lowest BCUT2D eigenvalue weighted by Gasteiger charge is -2.22. The van der Waals surface area contributed by atoms with E-state index in [9.17, 15) is 4.79 Å². The largest absolute Gasteiger partial charge is 0.396 e. The van der Waals surface area contributed by atoms with E-state index < -0.39 is 0 Å². The Labute approximate surface area is 189 Å². The maximum absolute atomic E-state index is 12.2. The summed E-state index contributed by atoms with van der Waals surface area (Å²) in [5.41, 5.74) is 2.38. The maximum atomic E-state index is 12.2. The Morgan fingerprint density at radius 2 is 2.26 bits per heavy atom. The molecular weight excluding hydrogens is 460 g/mol. The highest BCUT2D eigenvalue weighted by Gasteiger charge is 2.40. The molecule has 1 aromatic carbocycles. The molecule has 4 rings (SSSR count). The summed E-state index contributed by atoms with van der Waals surface area (Å²) in [6, 6.07) is 8.23. The quantitative estimate of drug-likeness (QED) is 0.473. The maximum Gasteiger partial charge on any atom is 0.225 e. The van der Waals surface area contributed by atoms with Crippen LogP contribution in [-0.2, 0) is 11.2 Å². The molecule has 31 heavy (non-hydrogen) atoms. The zero-order chi connectivity index (χ0) is 22.0. The molecule has 9 heteroatoms. The highest BCUT2D eigenvalue weighted by Crippen LogP contribution is 2.39. The van der Waals surface area contributed by atoms with E-state index in [-0.39, 0.29) is 24.0 Å². The van der Waals surface area contributed by atoms with Crippen molar-refractivity contribution in [2.75, 3.05) is 19.0 Å². The number of nitrogens with one attached hydrogen (secondary N) is 2. The third-order valence-electron chi connectivity index (χ3n) is 6.01. The number of nitrogens with zero attached hydrogens (tertiary/aromatic N) is 4. The summed E-state index contributed by atoms with van der Waals surface area (Å²) in [6.45, 7) is 2.18. The van der Waals surface area contributed by atoms with Crippen molar-refractivity contribution in [3.05, 3.63) is 40.6 Å². The van der Waals surface area contributed by atoms with Crippen LogP contribution in [0, 0.1) is 5.41 Å². The van der Waals surface area contributed by atoms with Crippen molar-refractivity contribution in [3.8, 4) is 5.69 Å². The number of hydrogen-bond acceptors (Lipinski definition) is 6. The van der Waals surface area contributed by atoms with Crippen LogP contribution in [0.2, 0.25) is 0 Å². The first-order chi connectivity index (χ1) is 14.9. The van der Waals surface area contributed by atoms with Gasteiger partial charge in [0, 0.05) is 31.3 Å². The SMILES string of the molecule is CNC(=O)C1(C)CC[C@@H](Nc2ncc3c(Br)nn(-c4cccc(CCCO)c4)c3n2)C1. The number of amides is 1. The van der Waals surface area contributed by atoms with Crippen LogP contribution >= 0.6 is 15.9 Å². The molecule has 1 aliphatic carbocycles. The van der Waals surface area contributed by atoms with E-state index in [4.69, 9.17) is 10.1 Å². The summed E-state index contributed by atoms with van der Waals surface area (Å²) in [4.78, 5) is 21.4. The van der Waals surface area contributed by atoms with Gasteiger partial charge in [-0.3, -0.25) is 4.79 Å². The number of fused-ring (bicyclic) bond motifs is 1. The van der Waals surface area contributed by atoms with E-state index in [0.717, 1.165) is 48.7 Å². The van der Waals surface area contributed by atoms with Crippen molar-refractivity contribution >= 4 is 38.8 Å². The lowest BCUT2D eigenvalue weighted by molar-refractivity contribution is -0.129. The molecule has 3 aromatic rings. The van der Waals surface area contributed by atoms with E-state index in [2.05, 4.69) is 42.7 Å². The van der Waals surface area contributed by atoms with Crippen LogP contribution in [0.25, 0.3) is 16.7 Å². The van der Waals surface area contributed by atoms with Gasteiger partial charge in [0.05, 0.1) is 11.1 Å². The zero-order valence-electron chi connectivity index (χ0n) is 17.7. The number of carbonyl (C=O) groups is 1. The molecule has 0 bridgehead atoms. The van der Waals surface area contributed by atoms with E-state index in [1.165, 1.54) is 0 Å². The number of rotatable bonds is 7. The molecule has 2 aromatic heterocycles. The first kappa shape index (κ1) is 21.7. The Bertz CT molecular complexity index is 1100. The number of anilines is 1. The molecule has 2 heterocycles. The molecule has 1 amide bonds. The van der Waals surface area contributed by atoms with Gasteiger partial charge in [0.2, 0.25) is 11.9 Å². The number of aryl methyl sites for hydroxylation is 1. The van der Waals surface area contributed by atoms with Gasteiger partial charge in [-0.25, -0.2) is 9.67 Å². The van der Waals surface area contributed by atoms with Gasteiger partial charge in [0.25, 0.3) is 0 Å². The number of benzene rings is 1. The van der Waals surface area contributed by atoms with Gasteiger partial charge in [0.15, 0.2) is 5.65 Å². The minimum atomic E-state index is -0.365. The van der Waals surface area contributed by atoms with E-state index in [0.29, 0.717) is 16.2 Å². The molecule has 0 radical (unpaired) electrons. The van der Waals surface area contributed by atoms with Crippen LogP contribution in [0.3, 0.4) is 0 Å². The van der Waals surface area contributed by atoms with Crippen LogP contribution < -0.4 is 10.6 Å². The second kappa shape index (κ2) is 8.92. The van der Waals surface area contributed by atoms with Gasteiger partial charge in [-0.2, -0.15) is 10.1 Å².